The van der Waals surface area contributed by atoms with Crippen LogP contribution >= 0.6 is 0 Å². The number of hydrogen-bond donors (Lipinski definition) is 3. The molecule has 306 valence electrons. The molecule has 3 aromatic carbocycles. The molecule has 3 N–H and O–H groups in total. The highest BCUT2D eigenvalue weighted by Gasteiger charge is 2.47. The van der Waals surface area contributed by atoms with Gasteiger partial charge in [-0.25, -0.2) is 17.2 Å². The SMILES string of the molecule is C[N+]1(CCCOc2ccc3nccc(C(=O)NCC(=O)N4CC(F)(F)C[C@H]4C#N)c3c2)CCN(C(=O)c2ccc(B(O)O)cc2)CC1.Cc1ccc(S(=O)(=O)[O-])cc1. The van der Waals surface area contributed by atoms with Crippen LogP contribution in [0.25, 0.3) is 10.9 Å². The van der Waals surface area contributed by atoms with E-state index in [2.05, 4.69) is 17.3 Å². The lowest BCUT2D eigenvalue weighted by Gasteiger charge is -2.42. The van der Waals surface area contributed by atoms with Crippen LogP contribution < -0.4 is 15.5 Å². The number of aryl methyl sites for hydroxylation is 1. The van der Waals surface area contributed by atoms with Crippen LogP contribution in [0.5, 0.6) is 5.75 Å². The van der Waals surface area contributed by atoms with E-state index >= 15 is 0 Å². The Morgan fingerprint density at radius 1 is 1.07 bits per heavy atom. The predicted molar refractivity (Wildman–Crippen MR) is 207 cm³/mol. The molecule has 6 rings (SSSR count). The summed E-state index contributed by atoms with van der Waals surface area (Å²) in [6, 6.07) is 19.2. The molecule has 2 aliphatic rings. The molecule has 2 fully saturated rings. The zero-order valence-corrected chi connectivity index (χ0v) is 32.7. The van der Waals surface area contributed by atoms with Gasteiger partial charge in [-0.2, -0.15) is 5.26 Å². The van der Waals surface area contributed by atoms with Crippen molar-refractivity contribution in [1.29, 1.82) is 5.26 Å². The fourth-order valence-electron chi connectivity index (χ4n) is 6.66. The number of amides is 3. The smallest absolute Gasteiger partial charge is 0.488 e. The summed E-state index contributed by atoms with van der Waals surface area (Å²) < 4.78 is 65.4. The summed E-state index contributed by atoms with van der Waals surface area (Å²) in [5.41, 5.74) is 2.53. The molecule has 1 atom stereocenters. The van der Waals surface area contributed by atoms with Gasteiger partial charge < -0.3 is 38.9 Å². The van der Waals surface area contributed by atoms with Crippen LogP contribution in [0.15, 0.2) is 83.9 Å². The van der Waals surface area contributed by atoms with Crippen molar-refractivity contribution in [2.24, 2.45) is 0 Å². The minimum absolute atomic E-state index is 0.0899. The van der Waals surface area contributed by atoms with Crippen molar-refractivity contribution in [1.82, 2.24) is 20.1 Å². The van der Waals surface area contributed by atoms with Crippen LogP contribution in [0.4, 0.5) is 8.78 Å². The Kier molecular flexibility index (Phi) is 13.8. The minimum Gasteiger partial charge on any atom is -0.744 e. The topological polar surface area (TPSA) is 213 Å². The zero-order chi connectivity index (χ0) is 42.3. The fourth-order valence-corrected chi connectivity index (χ4v) is 7.13. The third kappa shape index (κ3) is 11.3. The number of likely N-dealkylation sites (N-methyl/N-ethyl adjacent to an activating group) is 1. The maximum Gasteiger partial charge on any atom is 0.488 e. The van der Waals surface area contributed by atoms with Gasteiger partial charge in [0.1, 0.15) is 21.9 Å². The van der Waals surface area contributed by atoms with Gasteiger partial charge in [0.15, 0.2) is 0 Å². The number of hydrogen-bond acceptors (Lipinski definition) is 11. The molecule has 0 bridgehead atoms. The Morgan fingerprint density at radius 3 is 2.36 bits per heavy atom. The van der Waals surface area contributed by atoms with Crippen LogP contribution in [-0.4, -0.2) is 139 Å². The number of nitriles is 1. The summed E-state index contributed by atoms with van der Waals surface area (Å²) in [7, 11) is -3.70. The Morgan fingerprint density at radius 2 is 1.74 bits per heavy atom. The number of likely N-dealkylation sites (tertiary alicyclic amines) is 1. The Balaban J connectivity index is 0.000000503. The predicted octanol–water partition coefficient (Wildman–Crippen LogP) is 1.67. The van der Waals surface area contributed by atoms with Gasteiger partial charge in [0.25, 0.3) is 17.7 Å². The number of aromatic nitrogens is 1. The van der Waals surface area contributed by atoms with Crippen LogP contribution in [0.2, 0.25) is 0 Å². The monoisotopic (exact) mass is 820 g/mol. The molecule has 2 saturated heterocycles. The van der Waals surface area contributed by atoms with Gasteiger partial charge in [-0.15, -0.1) is 0 Å². The second-order valence-electron chi connectivity index (χ2n) is 14.5. The number of quaternary nitrogens is 1. The van der Waals surface area contributed by atoms with E-state index < -0.39 is 60.5 Å². The van der Waals surface area contributed by atoms with Gasteiger partial charge in [-0.1, -0.05) is 29.8 Å². The van der Waals surface area contributed by atoms with Gasteiger partial charge in [-0.3, -0.25) is 19.4 Å². The molecular weight excluding hydrogens is 777 g/mol. The normalized spacial score (nSPS) is 17.1. The number of alkyl halides is 2. The number of nitrogens with zero attached hydrogens (tertiary/aromatic N) is 5. The molecule has 4 aromatic rings. The molecule has 0 unspecified atom stereocenters. The molecule has 58 heavy (non-hydrogen) atoms. The lowest BCUT2D eigenvalue weighted by molar-refractivity contribution is -0.913. The van der Waals surface area contributed by atoms with Crippen molar-refractivity contribution in [3.05, 3.63) is 95.7 Å². The highest BCUT2D eigenvalue weighted by atomic mass is 32.2. The van der Waals surface area contributed by atoms with E-state index in [4.69, 9.17) is 10.00 Å². The molecule has 19 heteroatoms. The number of carbonyl (C=O) groups is 3. The van der Waals surface area contributed by atoms with Crippen molar-refractivity contribution < 1.29 is 55.4 Å². The molecule has 0 radical (unpaired) electrons. The van der Waals surface area contributed by atoms with Crippen molar-refractivity contribution >= 4 is 51.3 Å². The maximum absolute atomic E-state index is 13.7. The average Bonchev–Trinajstić information content (AvgIpc) is 3.52. The van der Waals surface area contributed by atoms with E-state index in [1.165, 1.54) is 36.5 Å². The minimum atomic E-state index is -4.27. The summed E-state index contributed by atoms with van der Waals surface area (Å²) in [6.07, 6.45) is 1.48. The maximum atomic E-state index is 13.7. The number of fused-ring (bicyclic) bond motifs is 1. The fraction of sp³-hybridized carbons (Fsp3) is 0.359. The number of carbonyl (C=O) groups excluding carboxylic acids is 3. The van der Waals surface area contributed by atoms with E-state index in [0.29, 0.717) is 47.4 Å². The molecule has 0 aliphatic carbocycles. The molecule has 15 nitrogen and oxygen atoms in total. The molecule has 0 spiro atoms. The van der Waals surface area contributed by atoms with E-state index in [-0.39, 0.29) is 16.4 Å². The first-order valence-electron chi connectivity index (χ1n) is 18.4. The Hall–Kier alpha value is -5.52. The number of benzene rings is 3. The zero-order valence-electron chi connectivity index (χ0n) is 31.9. The molecule has 0 saturated carbocycles. The van der Waals surface area contributed by atoms with Crippen LogP contribution in [0.1, 0.15) is 39.1 Å². The second-order valence-corrected chi connectivity index (χ2v) is 15.9. The third-order valence-electron chi connectivity index (χ3n) is 10.1. The standard InChI is InChI=1S/C32H35BF2N6O6.C7H8O3S/c1-41(14-11-39(12-15-41)31(44)22-3-5-23(6-4-22)33(45)46)13-2-16-47-25-7-8-28-27(17-25)26(9-10-37-28)30(43)38-20-29(42)40-21-32(34,35)18-24(40)19-36;1-6-2-4-7(5-3-6)11(8,9)10/h3-10,17,24,45-46H,2,11-16,18,20-21H2,1H3;2-5H,1H3,(H,8,9,10)/t24-;/m0./s1. The van der Waals surface area contributed by atoms with Crippen molar-refractivity contribution in [3.63, 3.8) is 0 Å². The summed E-state index contributed by atoms with van der Waals surface area (Å²) in [5.74, 6) is -4.05. The second kappa shape index (κ2) is 18.4. The van der Waals surface area contributed by atoms with Gasteiger partial charge in [-0.05, 0) is 60.9 Å². The number of halogens is 2. The Labute approximate surface area is 334 Å². The summed E-state index contributed by atoms with van der Waals surface area (Å²) >= 11 is 0. The molecule has 2 aliphatic heterocycles. The molecule has 3 heterocycles. The summed E-state index contributed by atoms with van der Waals surface area (Å²) in [4.78, 5) is 45.2. The van der Waals surface area contributed by atoms with Crippen LogP contribution in [-0.2, 0) is 14.9 Å². The highest BCUT2D eigenvalue weighted by Crippen LogP contribution is 2.31. The molecule has 3 amide bonds. The van der Waals surface area contributed by atoms with Crippen LogP contribution in [0.3, 0.4) is 0 Å². The lowest BCUT2D eigenvalue weighted by Crippen LogP contribution is -2.58. The third-order valence-corrected chi connectivity index (χ3v) is 10.9. The van der Waals surface area contributed by atoms with Crippen molar-refractivity contribution in [2.75, 3.05) is 59.5 Å². The van der Waals surface area contributed by atoms with Crippen molar-refractivity contribution in [2.45, 2.75) is 36.6 Å². The number of rotatable bonds is 11. The van der Waals surface area contributed by atoms with Crippen molar-refractivity contribution in [3.8, 4) is 11.8 Å². The lowest BCUT2D eigenvalue weighted by atomic mass is 9.80. The largest absolute Gasteiger partial charge is 0.744 e. The van der Waals surface area contributed by atoms with Gasteiger partial charge in [0.2, 0.25) is 5.91 Å². The number of ether oxygens (including phenoxy) is 1. The average molecular weight is 821 g/mol. The molecule has 1 aromatic heterocycles. The van der Waals surface area contributed by atoms with E-state index in [1.807, 2.05) is 11.8 Å². The first-order chi connectivity index (χ1) is 27.4. The van der Waals surface area contributed by atoms with E-state index in [0.717, 1.165) is 41.0 Å². The van der Waals surface area contributed by atoms with Gasteiger partial charge in [0.05, 0.1) is 81.5 Å². The quantitative estimate of drug-likeness (QED) is 0.0857. The molecular formula is C39H43BF2N6O9S. The van der Waals surface area contributed by atoms with E-state index in [9.17, 15) is 46.2 Å². The van der Waals surface area contributed by atoms with Crippen LogP contribution in [0, 0.1) is 18.3 Å². The van der Waals surface area contributed by atoms with Gasteiger partial charge in [0, 0.05) is 30.0 Å². The number of pyridine rings is 1. The summed E-state index contributed by atoms with van der Waals surface area (Å²) in [6.45, 7) is 4.43. The van der Waals surface area contributed by atoms with Gasteiger partial charge >= 0.3 is 7.12 Å². The Bertz CT molecular complexity index is 2270. The first-order valence-corrected chi connectivity index (χ1v) is 19.8. The number of piperazine rings is 1. The first kappa shape index (κ1) is 43.6. The highest BCUT2D eigenvalue weighted by molar-refractivity contribution is 7.85. The number of nitrogens with one attached hydrogen (secondary N) is 1. The summed E-state index contributed by atoms with van der Waals surface area (Å²) in [5, 5.41) is 30.7. The van der Waals surface area contributed by atoms with E-state index in [1.54, 1.807) is 48.5 Å².